The Morgan fingerprint density at radius 2 is 1.92 bits per heavy atom. The van der Waals surface area contributed by atoms with Crippen LogP contribution >= 0.6 is 11.8 Å². The Labute approximate surface area is 143 Å². The highest BCUT2D eigenvalue weighted by Gasteiger charge is 2.24. The number of amidine groups is 1. The average molecular weight is 333 g/mol. The summed E-state index contributed by atoms with van der Waals surface area (Å²) in [5, 5.41) is 5.74. The summed E-state index contributed by atoms with van der Waals surface area (Å²) in [5.74, 6) is -0.110. The second-order valence-corrected chi connectivity index (χ2v) is 6.59. The summed E-state index contributed by atoms with van der Waals surface area (Å²) < 4.78 is 1.97. The molecule has 0 bridgehead atoms. The van der Waals surface area contributed by atoms with E-state index in [9.17, 15) is 4.79 Å². The zero-order valence-electron chi connectivity index (χ0n) is 13.1. The Bertz CT molecular complexity index is 1000. The number of aromatic nitrogens is 1. The number of hydrogen-bond donors (Lipinski definition) is 1. The van der Waals surface area contributed by atoms with Gasteiger partial charge in [0.2, 0.25) is 0 Å². The third kappa shape index (κ3) is 2.86. The lowest BCUT2D eigenvalue weighted by Gasteiger charge is -2.00. The molecule has 1 aliphatic heterocycles. The number of fused-ring (bicyclic) bond motifs is 1. The van der Waals surface area contributed by atoms with Gasteiger partial charge in [-0.2, -0.15) is 0 Å². The highest BCUT2D eigenvalue weighted by atomic mass is 32.2. The number of amides is 1. The molecule has 1 fully saturated rings. The first kappa shape index (κ1) is 14.8. The first-order valence-electron chi connectivity index (χ1n) is 7.59. The molecule has 2 heterocycles. The number of benzene rings is 2. The van der Waals surface area contributed by atoms with Gasteiger partial charge in [0.05, 0.1) is 10.6 Å². The zero-order chi connectivity index (χ0) is 16.5. The number of nitrogens with zero attached hydrogens (tertiary/aromatic N) is 2. The van der Waals surface area contributed by atoms with Crippen LogP contribution in [0, 0.1) is 0 Å². The van der Waals surface area contributed by atoms with E-state index in [1.807, 2.05) is 66.4 Å². The average Bonchev–Trinajstić information content (AvgIpc) is 3.14. The molecular formula is C19H15N3OS. The first-order chi connectivity index (χ1) is 11.7. The second-order valence-electron chi connectivity index (χ2n) is 5.56. The molecule has 118 valence electrons. The van der Waals surface area contributed by atoms with Crippen molar-refractivity contribution in [2.75, 3.05) is 0 Å². The highest BCUT2D eigenvalue weighted by molar-refractivity contribution is 8.18. The van der Waals surface area contributed by atoms with Crippen molar-refractivity contribution in [2.24, 2.45) is 12.0 Å². The lowest BCUT2D eigenvalue weighted by atomic mass is 10.1. The van der Waals surface area contributed by atoms with Crippen molar-refractivity contribution in [3.8, 4) is 0 Å². The van der Waals surface area contributed by atoms with E-state index in [4.69, 9.17) is 0 Å². The Kier molecular flexibility index (Phi) is 3.70. The molecule has 4 rings (SSSR count). The van der Waals surface area contributed by atoms with Gasteiger partial charge in [-0.15, -0.1) is 0 Å². The van der Waals surface area contributed by atoms with Crippen molar-refractivity contribution in [1.82, 2.24) is 9.88 Å². The van der Waals surface area contributed by atoms with Crippen LogP contribution in [0.4, 0.5) is 5.69 Å². The summed E-state index contributed by atoms with van der Waals surface area (Å²) in [5.41, 5.74) is 1.82. The minimum Gasteiger partial charge on any atom is -0.351 e. The normalized spacial score (nSPS) is 17.8. The lowest BCUT2D eigenvalue weighted by molar-refractivity contribution is -0.115. The molecule has 1 amide bonds. The van der Waals surface area contributed by atoms with Crippen molar-refractivity contribution in [3.05, 3.63) is 71.4 Å². The summed E-state index contributed by atoms with van der Waals surface area (Å²) in [6.45, 7) is 0. The number of hydrogen-bond acceptors (Lipinski definition) is 3. The Balaban J connectivity index is 1.62. The fraction of sp³-hybridized carbons (Fsp3) is 0.0526. The second kappa shape index (κ2) is 6.02. The van der Waals surface area contributed by atoms with E-state index in [0.717, 1.165) is 16.8 Å². The van der Waals surface area contributed by atoms with Crippen LogP contribution in [0.5, 0.6) is 0 Å². The number of thioether (sulfide) groups is 1. The molecule has 1 saturated heterocycles. The Hall–Kier alpha value is -2.79. The summed E-state index contributed by atoms with van der Waals surface area (Å²) in [4.78, 5) is 17.3. The molecule has 1 aliphatic rings. The van der Waals surface area contributed by atoms with E-state index >= 15 is 0 Å². The van der Waals surface area contributed by atoms with Crippen LogP contribution in [0.25, 0.3) is 16.8 Å². The largest absolute Gasteiger partial charge is 0.351 e. The smallest absolute Gasteiger partial charge is 0.264 e. The van der Waals surface area contributed by atoms with Gasteiger partial charge in [0, 0.05) is 18.9 Å². The van der Waals surface area contributed by atoms with Crippen molar-refractivity contribution >= 4 is 45.4 Å². The molecule has 1 aromatic heterocycles. The standard InChI is InChI=1S/C19H15N3OS/c1-22-10-4-7-16(22)12-17-18(23)21-19(24-17)20-15-9-8-13-5-2-3-6-14(13)11-15/h2-12H,1H3,(H,20,21,23). The fourth-order valence-corrected chi connectivity index (χ4v) is 3.43. The van der Waals surface area contributed by atoms with Crippen LogP contribution in [0.3, 0.4) is 0 Å². The number of nitrogens with one attached hydrogen (secondary N) is 1. The maximum Gasteiger partial charge on any atom is 0.264 e. The number of carbonyl (C=O) groups is 1. The molecule has 0 radical (unpaired) electrons. The molecule has 0 unspecified atom stereocenters. The Morgan fingerprint density at radius 3 is 2.71 bits per heavy atom. The van der Waals surface area contributed by atoms with Crippen molar-refractivity contribution in [1.29, 1.82) is 0 Å². The van der Waals surface area contributed by atoms with Gasteiger partial charge >= 0.3 is 0 Å². The van der Waals surface area contributed by atoms with E-state index < -0.39 is 0 Å². The molecular weight excluding hydrogens is 318 g/mol. The van der Waals surface area contributed by atoms with Crippen LogP contribution in [0.2, 0.25) is 0 Å². The van der Waals surface area contributed by atoms with E-state index in [2.05, 4.69) is 22.4 Å². The van der Waals surface area contributed by atoms with Gasteiger partial charge in [-0.05, 0) is 52.9 Å². The van der Waals surface area contributed by atoms with Crippen LogP contribution in [-0.4, -0.2) is 15.6 Å². The van der Waals surface area contributed by atoms with Crippen LogP contribution in [0.15, 0.2) is 70.7 Å². The molecule has 2 aromatic carbocycles. The quantitative estimate of drug-likeness (QED) is 0.719. The maximum atomic E-state index is 12.1. The molecule has 5 heteroatoms. The van der Waals surface area contributed by atoms with E-state index in [0.29, 0.717) is 10.1 Å². The van der Waals surface area contributed by atoms with Gasteiger partial charge in [-0.3, -0.25) is 4.79 Å². The predicted molar refractivity (Wildman–Crippen MR) is 100 cm³/mol. The maximum absolute atomic E-state index is 12.1. The van der Waals surface area contributed by atoms with Gasteiger partial charge in [0.25, 0.3) is 5.91 Å². The van der Waals surface area contributed by atoms with Crippen molar-refractivity contribution < 1.29 is 4.79 Å². The van der Waals surface area contributed by atoms with Crippen molar-refractivity contribution in [2.45, 2.75) is 0 Å². The monoisotopic (exact) mass is 333 g/mol. The molecule has 0 spiro atoms. The van der Waals surface area contributed by atoms with Crippen LogP contribution < -0.4 is 5.32 Å². The summed E-state index contributed by atoms with van der Waals surface area (Å²) in [7, 11) is 1.95. The SMILES string of the molecule is Cn1cccc1C=C1SC(=Nc2ccc3ccccc3c2)NC1=O. The van der Waals surface area contributed by atoms with E-state index in [-0.39, 0.29) is 5.91 Å². The molecule has 4 nitrogen and oxygen atoms in total. The minimum atomic E-state index is -0.110. The molecule has 3 aromatic rings. The van der Waals surface area contributed by atoms with Gasteiger partial charge < -0.3 is 9.88 Å². The predicted octanol–water partition coefficient (Wildman–Crippen LogP) is 4.07. The molecule has 0 saturated carbocycles. The molecule has 1 N–H and O–H groups in total. The van der Waals surface area contributed by atoms with Crippen LogP contribution in [-0.2, 0) is 11.8 Å². The third-order valence-corrected chi connectivity index (χ3v) is 4.79. The van der Waals surface area contributed by atoms with E-state index in [1.54, 1.807) is 0 Å². The lowest BCUT2D eigenvalue weighted by Crippen LogP contribution is -2.19. The highest BCUT2D eigenvalue weighted by Crippen LogP contribution is 2.29. The third-order valence-electron chi connectivity index (χ3n) is 3.88. The van der Waals surface area contributed by atoms with E-state index in [1.165, 1.54) is 17.1 Å². The number of carbonyl (C=O) groups excluding carboxylic acids is 1. The van der Waals surface area contributed by atoms with Gasteiger partial charge in [0.1, 0.15) is 0 Å². The van der Waals surface area contributed by atoms with Gasteiger partial charge in [0.15, 0.2) is 5.17 Å². The first-order valence-corrected chi connectivity index (χ1v) is 8.40. The molecule has 0 atom stereocenters. The summed E-state index contributed by atoms with van der Waals surface area (Å²) >= 11 is 1.36. The number of aliphatic imine (C=N–C) groups is 1. The Morgan fingerprint density at radius 1 is 1.08 bits per heavy atom. The minimum absolute atomic E-state index is 0.110. The van der Waals surface area contributed by atoms with Gasteiger partial charge in [-0.25, -0.2) is 4.99 Å². The van der Waals surface area contributed by atoms with Gasteiger partial charge in [-0.1, -0.05) is 30.3 Å². The topological polar surface area (TPSA) is 46.4 Å². The summed E-state index contributed by atoms with van der Waals surface area (Å²) in [6, 6.07) is 18.1. The number of aryl methyl sites for hydroxylation is 1. The number of rotatable bonds is 2. The zero-order valence-corrected chi connectivity index (χ0v) is 13.9. The molecule has 24 heavy (non-hydrogen) atoms. The van der Waals surface area contributed by atoms with Crippen LogP contribution in [0.1, 0.15) is 5.69 Å². The summed E-state index contributed by atoms with van der Waals surface area (Å²) in [6.07, 6.45) is 3.83. The fourth-order valence-electron chi connectivity index (χ4n) is 2.60. The van der Waals surface area contributed by atoms with Crippen molar-refractivity contribution in [3.63, 3.8) is 0 Å². The molecule has 0 aliphatic carbocycles.